The summed E-state index contributed by atoms with van der Waals surface area (Å²) in [6.07, 6.45) is 0.790. The largest absolute Gasteiger partial charge is 0.760 e. The van der Waals surface area contributed by atoms with Crippen molar-refractivity contribution in [1.82, 2.24) is 4.72 Å². The van der Waals surface area contributed by atoms with Gasteiger partial charge in [0.05, 0.1) is 4.47 Å². The van der Waals surface area contributed by atoms with E-state index < -0.39 is 22.9 Å². The quantitative estimate of drug-likeness (QED) is 0.514. The molecule has 1 atom stereocenters. The van der Waals surface area contributed by atoms with Crippen LogP contribution in [0.5, 0.6) is 0 Å². The highest BCUT2D eigenvalue weighted by Crippen LogP contribution is 2.23. The van der Waals surface area contributed by atoms with Crippen LogP contribution in [0, 0.1) is 11.6 Å². The summed E-state index contributed by atoms with van der Waals surface area (Å²) in [6.45, 7) is 0.227. The maximum atomic E-state index is 13.4. The van der Waals surface area contributed by atoms with Crippen LogP contribution in [0.2, 0.25) is 0 Å². The Labute approximate surface area is 103 Å². The third kappa shape index (κ3) is 3.89. The van der Waals surface area contributed by atoms with E-state index in [2.05, 4.69) is 20.7 Å². The molecule has 1 rings (SSSR count). The Morgan fingerprint density at radius 2 is 2.12 bits per heavy atom. The van der Waals surface area contributed by atoms with E-state index in [1.54, 1.807) is 0 Å². The number of aryl methyl sites for hydroxylation is 1. The van der Waals surface area contributed by atoms with E-state index >= 15 is 0 Å². The molecule has 1 aromatic rings. The lowest BCUT2D eigenvalue weighted by Gasteiger charge is -2.08. The molecule has 1 N–H and O–H groups in total. The zero-order valence-electron chi connectivity index (χ0n) is 8.13. The molecule has 0 heterocycles. The number of benzene rings is 1. The highest BCUT2D eigenvalue weighted by Gasteiger charge is 2.10. The average molecular weight is 313 g/mol. The molecule has 0 saturated heterocycles. The molecule has 0 aliphatic heterocycles. The Balaban J connectivity index is 2.55. The smallest absolute Gasteiger partial charge is 0.143 e. The SMILES string of the molecule is O=S([O-])NCCCc1ccc(F)c(Br)c1F. The molecule has 1 aromatic carbocycles. The van der Waals surface area contributed by atoms with Crippen molar-refractivity contribution in [2.24, 2.45) is 0 Å². The van der Waals surface area contributed by atoms with Gasteiger partial charge in [-0.1, -0.05) is 6.07 Å². The minimum atomic E-state index is -2.30. The fourth-order valence-electron chi connectivity index (χ4n) is 1.19. The van der Waals surface area contributed by atoms with Gasteiger partial charge in [-0.15, -0.1) is 0 Å². The molecule has 0 spiro atoms. The van der Waals surface area contributed by atoms with Gasteiger partial charge in [-0.05, 0) is 40.4 Å². The molecule has 0 aliphatic rings. The Bertz CT molecular complexity index is 403. The molecule has 0 amide bonds. The molecule has 0 fully saturated rings. The molecular formula is C9H9BrF2NO2S-. The van der Waals surface area contributed by atoms with E-state index in [1.165, 1.54) is 12.1 Å². The molecule has 16 heavy (non-hydrogen) atoms. The van der Waals surface area contributed by atoms with Gasteiger partial charge in [-0.25, -0.2) is 13.5 Å². The fraction of sp³-hybridized carbons (Fsp3) is 0.333. The average Bonchev–Trinajstić information content (AvgIpc) is 2.23. The van der Waals surface area contributed by atoms with Gasteiger partial charge in [-0.2, -0.15) is 0 Å². The number of hydrogen-bond acceptors (Lipinski definition) is 2. The van der Waals surface area contributed by atoms with Gasteiger partial charge in [0.2, 0.25) is 0 Å². The maximum Gasteiger partial charge on any atom is 0.143 e. The summed E-state index contributed by atoms with van der Waals surface area (Å²) in [6, 6.07) is 2.52. The van der Waals surface area contributed by atoms with E-state index in [0.717, 1.165) is 0 Å². The van der Waals surface area contributed by atoms with Crippen molar-refractivity contribution >= 4 is 27.2 Å². The van der Waals surface area contributed by atoms with Crippen LogP contribution in [0.3, 0.4) is 0 Å². The highest BCUT2D eigenvalue weighted by molar-refractivity contribution is 9.10. The molecule has 0 bridgehead atoms. The summed E-state index contributed by atoms with van der Waals surface area (Å²) in [5.74, 6) is -1.29. The lowest BCUT2D eigenvalue weighted by atomic mass is 10.1. The number of halogens is 3. The first-order chi connectivity index (χ1) is 7.52. The monoisotopic (exact) mass is 312 g/mol. The maximum absolute atomic E-state index is 13.4. The predicted octanol–water partition coefficient (Wildman–Crippen LogP) is 2.04. The van der Waals surface area contributed by atoms with Crippen LogP contribution in [-0.2, 0) is 17.7 Å². The molecule has 0 saturated carbocycles. The van der Waals surface area contributed by atoms with E-state index in [9.17, 15) is 17.5 Å². The summed E-state index contributed by atoms with van der Waals surface area (Å²) in [7, 11) is 0. The van der Waals surface area contributed by atoms with Gasteiger partial charge < -0.3 is 4.55 Å². The minimum Gasteiger partial charge on any atom is -0.760 e. The van der Waals surface area contributed by atoms with Crippen LogP contribution in [0.15, 0.2) is 16.6 Å². The molecular weight excluding hydrogens is 304 g/mol. The van der Waals surface area contributed by atoms with E-state index in [4.69, 9.17) is 0 Å². The van der Waals surface area contributed by atoms with Crippen LogP contribution in [0.1, 0.15) is 12.0 Å². The normalized spacial score (nSPS) is 12.8. The zero-order valence-corrected chi connectivity index (χ0v) is 10.5. The summed E-state index contributed by atoms with van der Waals surface area (Å²) in [5.41, 5.74) is 0.353. The first-order valence-electron chi connectivity index (χ1n) is 4.47. The number of nitrogens with one attached hydrogen (secondary N) is 1. The standard InChI is InChI=1S/C9H10BrF2NO2S/c10-8-7(11)4-3-6(9(8)12)2-1-5-13-16(14)15/h3-4,13H,1-2,5H2,(H,14,15)/p-1. The lowest BCUT2D eigenvalue weighted by molar-refractivity contribution is 0.520. The molecule has 90 valence electrons. The van der Waals surface area contributed by atoms with Crippen molar-refractivity contribution in [3.05, 3.63) is 33.8 Å². The number of rotatable bonds is 5. The molecule has 0 aliphatic carbocycles. The predicted molar refractivity (Wildman–Crippen MR) is 59.3 cm³/mol. The zero-order chi connectivity index (χ0) is 12.1. The fourth-order valence-corrected chi connectivity index (χ4v) is 1.89. The molecule has 3 nitrogen and oxygen atoms in total. The van der Waals surface area contributed by atoms with Gasteiger partial charge in [0.15, 0.2) is 0 Å². The Morgan fingerprint density at radius 1 is 1.44 bits per heavy atom. The van der Waals surface area contributed by atoms with Gasteiger partial charge in [-0.3, -0.25) is 4.21 Å². The Hall–Kier alpha value is -0.370. The number of hydrogen-bond donors (Lipinski definition) is 1. The van der Waals surface area contributed by atoms with Crippen molar-refractivity contribution < 1.29 is 17.5 Å². The Kier molecular flexibility index (Phi) is 5.47. The third-order valence-corrected chi connectivity index (χ3v) is 3.12. The first-order valence-corrected chi connectivity index (χ1v) is 6.34. The van der Waals surface area contributed by atoms with E-state index in [-0.39, 0.29) is 11.0 Å². The van der Waals surface area contributed by atoms with Crippen LogP contribution in [0.4, 0.5) is 8.78 Å². The van der Waals surface area contributed by atoms with Crippen LogP contribution in [0.25, 0.3) is 0 Å². The third-order valence-electron chi connectivity index (χ3n) is 1.96. The van der Waals surface area contributed by atoms with Crippen LogP contribution in [-0.4, -0.2) is 15.3 Å². The van der Waals surface area contributed by atoms with Gasteiger partial charge >= 0.3 is 0 Å². The second-order valence-electron chi connectivity index (χ2n) is 3.07. The summed E-state index contributed by atoms with van der Waals surface area (Å²) >= 11 is 0.498. The second-order valence-corrected chi connectivity index (χ2v) is 4.62. The van der Waals surface area contributed by atoms with Gasteiger partial charge in [0.1, 0.15) is 11.6 Å². The van der Waals surface area contributed by atoms with Crippen molar-refractivity contribution in [2.75, 3.05) is 6.54 Å². The Morgan fingerprint density at radius 3 is 2.75 bits per heavy atom. The van der Waals surface area contributed by atoms with E-state index in [1.807, 2.05) is 0 Å². The summed E-state index contributed by atoms with van der Waals surface area (Å²) < 4.78 is 48.5. The first kappa shape index (κ1) is 13.7. The van der Waals surface area contributed by atoms with Crippen molar-refractivity contribution in [2.45, 2.75) is 12.8 Å². The second kappa shape index (κ2) is 6.39. The lowest BCUT2D eigenvalue weighted by Crippen LogP contribution is -2.18. The van der Waals surface area contributed by atoms with Crippen LogP contribution < -0.4 is 4.72 Å². The van der Waals surface area contributed by atoms with Crippen molar-refractivity contribution in [3.63, 3.8) is 0 Å². The van der Waals surface area contributed by atoms with Crippen molar-refractivity contribution in [3.8, 4) is 0 Å². The van der Waals surface area contributed by atoms with Crippen LogP contribution >= 0.6 is 15.9 Å². The highest BCUT2D eigenvalue weighted by atomic mass is 79.9. The van der Waals surface area contributed by atoms with E-state index in [0.29, 0.717) is 18.4 Å². The topological polar surface area (TPSA) is 52.2 Å². The molecule has 0 radical (unpaired) electrons. The summed E-state index contributed by atoms with van der Waals surface area (Å²) in [5, 5.41) is 0. The molecule has 0 aromatic heterocycles. The van der Waals surface area contributed by atoms with Crippen molar-refractivity contribution in [1.29, 1.82) is 0 Å². The molecule has 1 unspecified atom stereocenters. The summed E-state index contributed by atoms with van der Waals surface area (Å²) in [4.78, 5) is 0. The minimum absolute atomic E-state index is 0.189. The van der Waals surface area contributed by atoms with Gasteiger partial charge in [0.25, 0.3) is 0 Å². The van der Waals surface area contributed by atoms with Gasteiger partial charge in [0, 0.05) is 17.8 Å². The molecule has 7 heteroatoms.